The predicted molar refractivity (Wildman–Crippen MR) is 148 cm³/mol. The van der Waals surface area contributed by atoms with Gasteiger partial charge in [0.05, 0.1) is 17.3 Å². The zero-order valence-corrected chi connectivity index (χ0v) is 30.6. The van der Waals surface area contributed by atoms with Crippen molar-refractivity contribution in [3.05, 3.63) is 0 Å². The Balaban J connectivity index is 1.28. The van der Waals surface area contributed by atoms with Crippen molar-refractivity contribution in [3.63, 3.8) is 0 Å². The molecule has 0 N–H and O–H groups in total. The monoisotopic (exact) mass is 1020 g/mol. The smallest absolute Gasteiger partial charge is 0.450 e. The van der Waals surface area contributed by atoms with Crippen molar-refractivity contribution in [1.29, 1.82) is 0 Å². The molecule has 12 saturated carbocycles. The molecule has 284 valence electrons. The van der Waals surface area contributed by atoms with Crippen molar-refractivity contribution < 1.29 is 90.8 Å². The summed E-state index contributed by atoms with van der Waals surface area (Å²) in [4.78, 5) is 51.9. The van der Waals surface area contributed by atoms with Crippen LogP contribution in [0.15, 0.2) is 0 Å². The van der Waals surface area contributed by atoms with Crippen LogP contribution >= 0.6 is 63.7 Å². The molecule has 12 aliphatic rings. The molecule has 0 radical (unpaired) electrons. The zero-order valence-electron chi connectivity index (χ0n) is 24.2. The van der Waals surface area contributed by atoms with E-state index in [9.17, 15) is 71.9 Å². The number of hydrogen-bond acceptors (Lipinski definition) is 8. The van der Waals surface area contributed by atoms with Crippen LogP contribution in [0.25, 0.3) is 0 Å². The Morgan fingerprint density at radius 3 is 0.769 bits per heavy atom. The second kappa shape index (κ2) is 7.92. The first-order valence-electron chi connectivity index (χ1n) is 15.4. The summed E-state index contributed by atoms with van der Waals surface area (Å²) in [6.45, 7) is 0. The Kier molecular flexibility index (Phi) is 5.21. The van der Waals surface area contributed by atoms with Gasteiger partial charge < -0.3 is 18.9 Å². The van der Waals surface area contributed by atoms with Crippen LogP contribution in [0.4, 0.5) is 52.7 Å². The Labute approximate surface area is 312 Å². The Bertz CT molecular complexity index is 1860. The number of hydrogen-bond donors (Lipinski definition) is 0. The Hall–Kier alpha value is -1.04. The zero-order chi connectivity index (χ0) is 38.1. The van der Waals surface area contributed by atoms with E-state index in [-0.39, 0.29) is 0 Å². The van der Waals surface area contributed by atoms with E-state index in [1.165, 1.54) is 0 Å². The van der Waals surface area contributed by atoms with E-state index in [1.54, 1.807) is 0 Å². The quantitative estimate of drug-likeness (QED) is 0.159. The van der Waals surface area contributed by atoms with Crippen LogP contribution in [0.5, 0.6) is 0 Å². The van der Waals surface area contributed by atoms with Crippen LogP contribution < -0.4 is 0 Å². The maximum atomic E-state index is 14.2. The van der Waals surface area contributed by atoms with Gasteiger partial charge in [-0.05, 0) is 23.7 Å². The van der Waals surface area contributed by atoms with E-state index in [2.05, 4.69) is 63.7 Å². The Morgan fingerprint density at radius 2 is 0.519 bits per heavy atom. The molecule has 52 heavy (non-hydrogen) atoms. The van der Waals surface area contributed by atoms with Crippen molar-refractivity contribution in [3.8, 4) is 0 Å². The standard InChI is InChI=1S/C28H12Br4F12O8/c29-17-5-1-2-6(17)19(31)10-4-3-9(21(10,17)49-13(45)25(33,34)35)18(5,30)22(50-14(46)26(36,37)38)7(1)20(32)8(2)23(19,51-15(47)27(39,40)41)12(4)24(20,11(3)22)52-16(48)28(42,43)44/h1-12H/t1-,2-,3-,4-,5-,6+,7+,8-,9-,10+,11+,12-,17?,18-,19-,20?,21?,22-,23-,24?/m1/s1. The average Bonchev–Trinajstić information content (AvgIpc) is 3.81. The third-order valence-electron chi connectivity index (χ3n) is 15.7. The summed E-state index contributed by atoms with van der Waals surface area (Å²) in [6, 6.07) is 0. The van der Waals surface area contributed by atoms with Gasteiger partial charge in [0.1, 0.15) is 22.4 Å². The lowest BCUT2D eigenvalue weighted by Crippen LogP contribution is -2.64. The van der Waals surface area contributed by atoms with Gasteiger partial charge in [0.15, 0.2) is 0 Å². The van der Waals surface area contributed by atoms with Gasteiger partial charge in [-0.25, -0.2) is 19.2 Å². The van der Waals surface area contributed by atoms with Crippen LogP contribution in [-0.2, 0) is 38.1 Å². The molecule has 8 nitrogen and oxygen atoms in total. The van der Waals surface area contributed by atoms with Gasteiger partial charge in [-0.15, -0.1) is 0 Å². The largest absolute Gasteiger partial charge is 0.490 e. The lowest BCUT2D eigenvalue weighted by molar-refractivity contribution is -0.238. The van der Waals surface area contributed by atoms with Crippen molar-refractivity contribution >= 4 is 87.6 Å². The molecule has 0 spiro atoms. The second-order valence-electron chi connectivity index (χ2n) is 15.9. The lowest BCUT2D eigenvalue weighted by atomic mass is 9.71. The molecule has 0 aromatic rings. The molecule has 0 aromatic heterocycles. The summed E-state index contributed by atoms with van der Waals surface area (Å²) in [7, 11) is 0. The molecule has 0 aromatic carbocycles. The fraction of sp³-hybridized carbons (Fsp3) is 0.857. The molecular formula is C28H12Br4F12O8. The summed E-state index contributed by atoms with van der Waals surface area (Å²) < 4.78 is 184. The molecule has 24 heteroatoms. The number of carbonyl (C=O) groups is 4. The number of alkyl halides is 16. The van der Waals surface area contributed by atoms with Crippen LogP contribution in [0.3, 0.4) is 0 Å². The normalized spacial score (nSPS) is 61.2. The van der Waals surface area contributed by atoms with E-state index < -0.39 is 159 Å². The van der Waals surface area contributed by atoms with Gasteiger partial charge in [-0.2, -0.15) is 52.7 Å². The van der Waals surface area contributed by atoms with Gasteiger partial charge in [0.25, 0.3) is 0 Å². The molecule has 12 fully saturated rings. The first-order chi connectivity index (χ1) is 23.5. The van der Waals surface area contributed by atoms with E-state index in [4.69, 9.17) is 18.9 Å². The number of carbonyl (C=O) groups excluding carboxylic acids is 4. The maximum absolute atomic E-state index is 14.2. The topological polar surface area (TPSA) is 105 Å². The summed E-state index contributed by atoms with van der Waals surface area (Å²) in [6.07, 6.45) is -23.0. The highest BCUT2D eigenvalue weighted by Gasteiger charge is 3.21. The molecular weight excluding hydrogens is 1010 g/mol. The molecule has 0 heterocycles. The van der Waals surface area contributed by atoms with Gasteiger partial charge in [0.2, 0.25) is 0 Å². The number of ether oxygens (including phenoxy) is 4. The van der Waals surface area contributed by atoms with Crippen molar-refractivity contribution in [2.24, 2.45) is 71.0 Å². The van der Waals surface area contributed by atoms with E-state index in [0.717, 1.165) is 0 Å². The number of esters is 4. The molecule has 0 aliphatic heterocycles. The highest BCUT2D eigenvalue weighted by molar-refractivity contribution is 9.11. The summed E-state index contributed by atoms with van der Waals surface area (Å²) in [5, 5.41) is 0. The summed E-state index contributed by atoms with van der Waals surface area (Å²) in [5.41, 5.74) is -10.6. The molecule has 4 unspecified atom stereocenters. The molecule has 12 aliphatic carbocycles. The highest BCUT2D eigenvalue weighted by atomic mass is 79.9. The van der Waals surface area contributed by atoms with Gasteiger partial charge in [-0.1, -0.05) is 63.7 Å². The van der Waals surface area contributed by atoms with Crippen molar-refractivity contribution in [2.75, 3.05) is 0 Å². The first kappa shape index (κ1) is 34.2. The first-order valence-corrected chi connectivity index (χ1v) is 18.6. The van der Waals surface area contributed by atoms with Crippen molar-refractivity contribution in [1.82, 2.24) is 0 Å². The van der Waals surface area contributed by atoms with Gasteiger partial charge >= 0.3 is 48.6 Å². The Morgan fingerprint density at radius 1 is 0.346 bits per heavy atom. The fourth-order valence-corrected chi connectivity index (χ4v) is 24.8. The van der Waals surface area contributed by atoms with Crippen molar-refractivity contribution in [2.45, 2.75) is 64.4 Å². The van der Waals surface area contributed by atoms with Gasteiger partial charge in [-0.3, -0.25) is 0 Å². The fourth-order valence-electron chi connectivity index (χ4n) is 16.6. The van der Waals surface area contributed by atoms with Crippen LogP contribution in [0, 0.1) is 71.0 Å². The summed E-state index contributed by atoms with van der Waals surface area (Å²) in [5.74, 6) is -29.7. The van der Waals surface area contributed by atoms with Crippen LogP contribution in [-0.4, -0.2) is 88.3 Å². The van der Waals surface area contributed by atoms with E-state index >= 15 is 0 Å². The predicted octanol–water partition coefficient (Wildman–Crippen LogP) is 5.44. The minimum Gasteiger partial charge on any atom is -0.450 e. The third kappa shape index (κ3) is 2.44. The van der Waals surface area contributed by atoms with E-state index in [1.807, 2.05) is 0 Å². The second-order valence-corrected chi connectivity index (χ2v) is 21.2. The number of rotatable bonds is 4. The molecule has 0 amide bonds. The number of halogens is 16. The highest BCUT2D eigenvalue weighted by Crippen LogP contribution is 3.11. The minimum atomic E-state index is -5.81. The third-order valence-corrected chi connectivity index (χ3v) is 22.1. The molecule has 12 rings (SSSR count). The average molecular weight is 1020 g/mol. The van der Waals surface area contributed by atoms with Crippen LogP contribution in [0.2, 0.25) is 0 Å². The van der Waals surface area contributed by atoms with Crippen LogP contribution in [0.1, 0.15) is 0 Å². The lowest BCUT2D eigenvalue weighted by Gasteiger charge is -2.49. The van der Waals surface area contributed by atoms with E-state index in [0.29, 0.717) is 0 Å². The molecule has 0 bridgehead atoms. The maximum Gasteiger partial charge on any atom is 0.490 e. The molecule has 0 saturated heterocycles. The summed E-state index contributed by atoms with van der Waals surface area (Å²) >= 11 is 14.2. The minimum absolute atomic E-state index is 1.21. The SMILES string of the molecule is O=C(OC12[C@H]3[C@H]4[C@H]5[C@@H]6C7(OC(=O)C(F)(F)F)[C@H]4[C@]4(OC(=O)C(F)(F)F)[C@@H]8[C@@H]9[C@@H]%10[C@H](C1(Br)[C@H]9[C@@]34Br)[C@@](Br)([C@@H]52)[C@@]6(OC(=O)C(F)(F)F)[C@@H]%10C87Br)C(F)(F)F. The van der Waals surface area contributed by atoms with Gasteiger partial charge in [0, 0.05) is 47.3 Å². The molecule has 20 atom stereocenters.